The van der Waals surface area contributed by atoms with Crippen LogP contribution in [0.15, 0.2) is 51.1 Å². The summed E-state index contributed by atoms with van der Waals surface area (Å²) in [4.78, 5) is 15.0. The Bertz CT molecular complexity index is 1400. The van der Waals surface area contributed by atoms with E-state index < -0.39 is 5.91 Å². The number of halogens is 1. The third kappa shape index (κ3) is 5.18. The number of amides is 1. The summed E-state index contributed by atoms with van der Waals surface area (Å²) < 4.78 is 8.44. The molecule has 1 amide bonds. The minimum atomic E-state index is -0.514. The average Bonchev–Trinajstić information content (AvgIpc) is 3.21. The van der Waals surface area contributed by atoms with E-state index in [0.29, 0.717) is 35.0 Å². The van der Waals surface area contributed by atoms with Gasteiger partial charge in [-0.25, -0.2) is 0 Å². The second-order valence-electron chi connectivity index (χ2n) is 11.9. The van der Waals surface area contributed by atoms with Gasteiger partial charge in [-0.15, -0.1) is 10.2 Å². The Morgan fingerprint density at radius 2 is 1.97 bits per heavy atom. The molecule has 2 heterocycles. The van der Waals surface area contributed by atoms with E-state index in [4.69, 9.17) is 4.74 Å². The number of hydrogen-bond donors (Lipinski definition) is 1. The molecule has 1 unspecified atom stereocenters. The van der Waals surface area contributed by atoms with Crippen LogP contribution in [-0.2, 0) is 11.5 Å². The van der Waals surface area contributed by atoms with Crippen LogP contribution in [-0.4, -0.2) is 39.7 Å². The predicted octanol–water partition coefficient (Wildman–Crippen LogP) is 7.27. The van der Waals surface area contributed by atoms with Gasteiger partial charge in [0.2, 0.25) is 5.88 Å². The zero-order chi connectivity index (χ0) is 26.5. The first-order valence-corrected chi connectivity index (χ1v) is 13.6. The number of likely N-dealkylation sites (tertiary alicyclic amines) is 1. The quantitative estimate of drug-likeness (QED) is 0.318. The molecule has 37 heavy (non-hydrogen) atoms. The van der Waals surface area contributed by atoms with E-state index in [-0.39, 0.29) is 12.5 Å². The smallest absolute Gasteiger partial charge is 0.302 e. The zero-order valence-corrected chi connectivity index (χ0v) is 23.8. The number of aromatic nitrogens is 1. The maximum Gasteiger partial charge on any atom is 0.302 e. The molecule has 2 fully saturated rings. The minimum absolute atomic E-state index is 0.0194. The summed E-state index contributed by atoms with van der Waals surface area (Å²) in [5, 5.41) is 20.1. The molecule has 7 nitrogen and oxygen atoms in total. The van der Waals surface area contributed by atoms with Gasteiger partial charge in [0.15, 0.2) is 12.3 Å². The molecule has 1 aromatic heterocycles. The summed E-state index contributed by atoms with van der Waals surface area (Å²) in [5.41, 5.74) is 3.84. The summed E-state index contributed by atoms with van der Waals surface area (Å²) in [6, 6.07) is 12.0. The third-order valence-corrected chi connectivity index (χ3v) is 8.48. The number of rotatable bonds is 6. The second-order valence-corrected chi connectivity index (χ2v) is 12.9. The molecule has 0 spiro atoms. The van der Waals surface area contributed by atoms with Gasteiger partial charge in [0.1, 0.15) is 5.75 Å². The molecule has 1 aliphatic heterocycles. The summed E-state index contributed by atoms with van der Waals surface area (Å²) in [5.74, 6) is 0.158. The molecule has 5 rings (SSSR count). The van der Waals surface area contributed by atoms with Crippen molar-refractivity contribution < 1.29 is 14.6 Å². The topological polar surface area (TPSA) is 79.4 Å². The second kappa shape index (κ2) is 9.55. The van der Waals surface area contributed by atoms with Gasteiger partial charge < -0.3 is 9.84 Å². The highest BCUT2D eigenvalue weighted by Gasteiger charge is 2.49. The average molecular weight is 568 g/mol. The van der Waals surface area contributed by atoms with E-state index in [9.17, 15) is 9.90 Å². The van der Waals surface area contributed by atoms with E-state index in [1.807, 2.05) is 54.8 Å². The molecule has 1 saturated heterocycles. The summed E-state index contributed by atoms with van der Waals surface area (Å²) in [7, 11) is 0. The number of carbonyl (C=O) groups excluding carboxylic acids is 1. The fraction of sp³-hybridized carbons (Fsp3) is 0.483. The van der Waals surface area contributed by atoms with Crippen molar-refractivity contribution in [3.8, 4) is 11.6 Å². The summed E-state index contributed by atoms with van der Waals surface area (Å²) in [6.07, 6.45) is 3.54. The van der Waals surface area contributed by atoms with Gasteiger partial charge in [-0.1, -0.05) is 48.8 Å². The fourth-order valence-electron chi connectivity index (χ4n) is 6.62. The van der Waals surface area contributed by atoms with Crippen LogP contribution >= 0.6 is 15.9 Å². The Morgan fingerprint density at radius 3 is 2.76 bits per heavy atom. The van der Waals surface area contributed by atoms with Gasteiger partial charge in [0.05, 0.1) is 12.2 Å². The van der Waals surface area contributed by atoms with E-state index in [1.54, 1.807) is 0 Å². The maximum atomic E-state index is 12.5. The molecule has 2 atom stereocenters. The molecule has 3 aromatic rings. The summed E-state index contributed by atoms with van der Waals surface area (Å²) in [6.45, 7) is 12.4. The van der Waals surface area contributed by atoms with Crippen LogP contribution in [0.2, 0.25) is 0 Å². The molecule has 1 aliphatic carbocycles. The van der Waals surface area contributed by atoms with Crippen molar-refractivity contribution in [2.24, 2.45) is 21.1 Å². The van der Waals surface area contributed by atoms with Gasteiger partial charge in [-0.3, -0.25) is 14.3 Å². The molecule has 2 aromatic carbocycles. The first kappa shape index (κ1) is 25.9. The molecule has 0 radical (unpaired) electrons. The van der Waals surface area contributed by atoms with Crippen LogP contribution in [0.5, 0.6) is 11.6 Å². The van der Waals surface area contributed by atoms with E-state index in [2.05, 4.69) is 51.8 Å². The Labute approximate surface area is 226 Å². The van der Waals surface area contributed by atoms with Crippen molar-refractivity contribution in [2.75, 3.05) is 13.2 Å². The lowest BCUT2D eigenvalue weighted by Gasteiger charge is -2.40. The highest BCUT2D eigenvalue weighted by molar-refractivity contribution is 9.10. The number of nitrogens with zero attached hydrogens (tertiary/aromatic N) is 4. The number of carbonyl (C=O) groups is 1. The highest BCUT2D eigenvalue weighted by Crippen LogP contribution is 2.53. The number of fused-ring (bicyclic) bond motifs is 3. The normalized spacial score (nSPS) is 23.2. The van der Waals surface area contributed by atoms with E-state index in [0.717, 1.165) is 39.5 Å². The van der Waals surface area contributed by atoms with Gasteiger partial charge in [0.25, 0.3) is 0 Å². The minimum Gasteiger partial charge on any atom is -0.493 e. The number of aryl methyl sites for hydroxylation is 1. The van der Waals surface area contributed by atoms with Crippen LogP contribution < -0.4 is 4.74 Å². The molecule has 1 N–H and O–H groups in total. The fourth-order valence-corrected chi connectivity index (χ4v) is 6.98. The highest BCUT2D eigenvalue weighted by atomic mass is 79.9. The molecule has 8 heteroatoms. The number of aromatic hydroxyl groups is 1. The van der Waals surface area contributed by atoms with Gasteiger partial charge in [-0.2, -0.15) is 0 Å². The van der Waals surface area contributed by atoms with Crippen LogP contribution in [0, 0.1) is 24.7 Å². The molecule has 1 saturated carbocycles. The van der Waals surface area contributed by atoms with Crippen molar-refractivity contribution in [1.29, 1.82) is 0 Å². The van der Waals surface area contributed by atoms with Crippen molar-refractivity contribution in [3.63, 3.8) is 0 Å². The Morgan fingerprint density at radius 1 is 1.19 bits per heavy atom. The van der Waals surface area contributed by atoms with Crippen molar-refractivity contribution >= 4 is 38.4 Å². The number of benzene rings is 2. The Balaban J connectivity index is 1.39. The van der Waals surface area contributed by atoms with Crippen molar-refractivity contribution in [3.05, 3.63) is 52.0 Å². The van der Waals surface area contributed by atoms with Gasteiger partial charge in [-0.05, 0) is 79.3 Å². The first-order valence-electron chi connectivity index (χ1n) is 12.8. The summed E-state index contributed by atoms with van der Waals surface area (Å²) >= 11 is 3.53. The lowest BCUT2D eigenvalue weighted by atomic mass is 9.65. The Kier molecular flexibility index (Phi) is 6.69. The molecule has 196 valence electrons. The van der Waals surface area contributed by atoms with Crippen molar-refractivity contribution in [1.82, 2.24) is 9.47 Å². The molecular formula is C29H35BrN4O3. The van der Waals surface area contributed by atoms with Gasteiger partial charge in [0, 0.05) is 22.4 Å². The lowest BCUT2D eigenvalue weighted by molar-refractivity contribution is -0.120. The van der Waals surface area contributed by atoms with Crippen LogP contribution in [0.4, 0.5) is 5.69 Å². The lowest BCUT2D eigenvalue weighted by Crippen LogP contribution is -2.35. The number of ether oxygens (including phenoxy) is 1. The largest absolute Gasteiger partial charge is 0.493 e. The third-order valence-electron chi connectivity index (χ3n) is 7.99. The standard InChI is InChI=1S/C29H35BrN4O3/c1-18-7-6-8-24(19(18)2)37-14-25(35)31-32-26-22-11-20(30)9-10-23(22)34(27(26)36)17-33-16-29(5)13-21(33)12-28(3,4)15-29/h6-11,21,36H,12-17H2,1-5H3/t21?,29-/m1/s1. The maximum absolute atomic E-state index is 12.5. The zero-order valence-electron chi connectivity index (χ0n) is 22.2. The first-order chi connectivity index (χ1) is 17.4. The molecule has 2 aliphatic rings. The van der Waals surface area contributed by atoms with Crippen molar-refractivity contribution in [2.45, 2.75) is 66.6 Å². The van der Waals surface area contributed by atoms with Crippen LogP contribution in [0.3, 0.4) is 0 Å². The number of hydrogen-bond acceptors (Lipinski definition) is 5. The van der Waals surface area contributed by atoms with E-state index in [1.165, 1.54) is 12.8 Å². The van der Waals surface area contributed by atoms with Crippen LogP contribution in [0.25, 0.3) is 10.9 Å². The Hall–Kier alpha value is -2.71. The van der Waals surface area contributed by atoms with Gasteiger partial charge >= 0.3 is 5.91 Å². The molecular weight excluding hydrogens is 532 g/mol. The van der Waals surface area contributed by atoms with Crippen LogP contribution in [0.1, 0.15) is 51.2 Å². The SMILES string of the molecule is Cc1cccc(OCC(=O)N=Nc2c(O)n(CN3C[C@]4(C)CC3CC(C)(C)C4)c3ccc(Br)cc23)c1C. The predicted molar refractivity (Wildman–Crippen MR) is 148 cm³/mol. The monoisotopic (exact) mass is 566 g/mol. The molecule has 2 bridgehead atoms. The number of azo groups is 1. The van der Waals surface area contributed by atoms with E-state index >= 15 is 0 Å².